The number of amides is 1. The molecule has 6 nitrogen and oxygen atoms in total. The molecule has 1 amide bonds. The van der Waals surface area contributed by atoms with Gasteiger partial charge in [-0.25, -0.2) is 9.18 Å². The average Bonchev–Trinajstić information content (AvgIpc) is 3.08. The van der Waals surface area contributed by atoms with E-state index in [1.54, 1.807) is 11.0 Å². The number of likely N-dealkylation sites (tertiary alicyclic amines) is 1. The molecular formula is C25H27FN2O4. The van der Waals surface area contributed by atoms with Crippen LogP contribution in [-0.4, -0.2) is 41.7 Å². The van der Waals surface area contributed by atoms with E-state index in [-0.39, 0.29) is 36.9 Å². The van der Waals surface area contributed by atoms with Gasteiger partial charge in [0, 0.05) is 29.7 Å². The number of halogens is 1. The van der Waals surface area contributed by atoms with Crippen molar-refractivity contribution in [3.8, 4) is 0 Å². The van der Waals surface area contributed by atoms with Gasteiger partial charge in [0.15, 0.2) is 0 Å². The summed E-state index contributed by atoms with van der Waals surface area (Å²) in [6.45, 7) is 3.41. The van der Waals surface area contributed by atoms with Crippen molar-refractivity contribution < 1.29 is 23.5 Å². The molecule has 2 aromatic carbocycles. The summed E-state index contributed by atoms with van der Waals surface area (Å²) in [7, 11) is 1.36. The number of piperidine rings is 1. The third kappa shape index (κ3) is 4.47. The average molecular weight is 438 g/mol. The van der Waals surface area contributed by atoms with E-state index < -0.39 is 0 Å². The van der Waals surface area contributed by atoms with Gasteiger partial charge in [-0.2, -0.15) is 0 Å². The maximum atomic E-state index is 14.1. The van der Waals surface area contributed by atoms with Crippen LogP contribution in [-0.2, 0) is 27.4 Å². The molecule has 0 saturated carbocycles. The standard InChI is InChI=1S/C25H27FN2O4/c1-17-24(21-14-20(26)8-9-22(21)28(17)15-23(29)31-2)19-10-12-27(13-11-19)25(30)32-16-18-6-4-3-5-7-18/h3-9,14,19H,10-13,15-16H2,1-2H3. The first-order valence-electron chi connectivity index (χ1n) is 10.8. The second-order valence-electron chi connectivity index (χ2n) is 8.12. The Morgan fingerprint density at radius 1 is 1.09 bits per heavy atom. The maximum absolute atomic E-state index is 14.1. The Morgan fingerprint density at radius 2 is 1.81 bits per heavy atom. The van der Waals surface area contributed by atoms with E-state index in [0.717, 1.165) is 40.6 Å². The van der Waals surface area contributed by atoms with Crippen LogP contribution < -0.4 is 0 Å². The fraction of sp³-hybridized carbons (Fsp3) is 0.360. The summed E-state index contributed by atoms with van der Waals surface area (Å²) in [6, 6.07) is 14.2. The predicted octanol–water partition coefficient (Wildman–Crippen LogP) is 4.78. The lowest BCUT2D eigenvalue weighted by Crippen LogP contribution is -2.38. The summed E-state index contributed by atoms with van der Waals surface area (Å²) in [6.07, 6.45) is 1.17. The van der Waals surface area contributed by atoms with Crippen molar-refractivity contribution in [3.63, 3.8) is 0 Å². The SMILES string of the molecule is COC(=O)Cn1c(C)c(C2CCN(C(=O)OCc3ccccc3)CC2)c2cc(F)ccc21. The molecule has 0 aliphatic carbocycles. The Hall–Kier alpha value is -3.35. The monoisotopic (exact) mass is 438 g/mol. The highest BCUT2D eigenvalue weighted by Gasteiger charge is 2.29. The zero-order valence-electron chi connectivity index (χ0n) is 18.3. The highest BCUT2D eigenvalue weighted by molar-refractivity contribution is 5.87. The Labute approximate surface area is 186 Å². The van der Waals surface area contributed by atoms with E-state index in [4.69, 9.17) is 9.47 Å². The first kappa shape index (κ1) is 21.9. The molecule has 1 aliphatic rings. The number of benzene rings is 2. The second kappa shape index (κ2) is 9.42. The van der Waals surface area contributed by atoms with E-state index in [1.165, 1.54) is 19.2 Å². The van der Waals surface area contributed by atoms with Gasteiger partial charge in [-0.3, -0.25) is 4.79 Å². The van der Waals surface area contributed by atoms with Crippen LogP contribution in [0, 0.1) is 12.7 Å². The van der Waals surface area contributed by atoms with Crippen molar-refractivity contribution in [2.24, 2.45) is 0 Å². The van der Waals surface area contributed by atoms with Gasteiger partial charge < -0.3 is 18.9 Å². The van der Waals surface area contributed by atoms with Crippen molar-refractivity contribution in [1.29, 1.82) is 0 Å². The quantitative estimate of drug-likeness (QED) is 0.538. The van der Waals surface area contributed by atoms with E-state index in [9.17, 15) is 14.0 Å². The number of methoxy groups -OCH3 is 1. The molecule has 1 aromatic heterocycles. The Balaban J connectivity index is 1.49. The number of rotatable bonds is 5. The highest BCUT2D eigenvalue weighted by Crippen LogP contribution is 2.38. The molecule has 0 radical (unpaired) electrons. The highest BCUT2D eigenvalue weighted by atomic mass is 19.1. The predicted molar refractivity (Wildman–Crippen MR) is 119 cm³/mol. The topological polar surface area (TPSA) is 60.8 Å². The molecule has 4 rings (SSSR count). The molecule has 2 heterocycles. The molecule has 0 N–H and O–H groups in total. The molecule has 0 unspecified atom stereocenters. The number of hydrogen-bond donors (Lipinski definition) is 0. The molecule has 1 saturated heterocycles. The van der Waals surface area contributed by atoms with Crippen molar-refractivity contribution in [1.82, 2.24) is 9.47 Å². The molecule has 7 heteroatoms. The number of nitrogens with zero attached hydrogens (tertiary/aromatic N) is 2. The van der Waals surface area contributed by atoms with Gasteiger partial charge in [0.25, 0.3) is 0 Å². The van der Waals surface area contributed by atoms with E-state index in [2.05, 4.69) is 0 Å². The van der Waals surface area contributed by atoms with E-state index >= 15 is 0 Å². The molecular weight excluding hydrogens is 411 g/mol. The van der Waals surface area contributed by atoms with Crippen molar-refractivity contribution in [2.45, 2.75) is 38.8 Å². The summed E-state index contributed by atoms with van der Waals surface area (Å²) >= 11 is 0. The van der Waals surface area contributed by atoms with Crippen LogP contribution in [0.15, 0.2) is 48.5 Å². The lowest BCUT2D eigenvalue weighted by molar-refractivity contribution is -0.141. The summed E-state index contributed by atoms with van der Waals surface area (Å²) in [4.78, 5) is 26.2. The third-order valence-electron chi connectivity index (χ3n) is 6.22. The van der Waals surface area contributed by atoms with Gasteiger partial charge in [-0.1, -0.05) is 30.3 Å². The second-order valence-corrected chi connectivity index (χ2v) is 8.12. The fourth-order valence-corrected chi connectivity index (χ4v) is 4.55. The van der Waals surface area contributed by atoms with E-state index in [1.807, 2.05) is 41.8 Å². The first-order valence-corrected chi connectivity index (χ1v) is 10.8. The number of hydrogen-bond acceptors (Lipinski definition) is 4. The molecule has 0 atom stereocenters. The smallest absolute Gasteiger partial charge is 0.410 e. The van der Waals surface area contributed by atoms with Crippen molar-refractivity contribution >= 4 is 23.0 Å². The largest absolute Gasteiger partial charge is 0.468 e. The summed E-state index contributed by atoms with van der Waals surface area (Å²) < 4.78 is 26.3. The first-order chi connectivity index (χ1) is 15.5. The molecule has 0 bridgehead atoms. The van der Waals surface area contributed by atoms with Gasteiger partial charge in [0.1, 0.15) is 19.0 Å². The third-order valence-corrected chi connectivity index (χ3v) is 6.22. The van der Waals surface area contributed by atoms with Crippen LogP contribution in [0.4, 0.5) is 9.18 Å². The lowest BCUT2D eigenvalue weighted by Gasteiger charge is -2.31. The number of fused-ring (bicyclic) bond motifs is 1. The van der Waals surface area contributed by atoms with Gasteiger partial charge in [-0.15, -0.1) is 0 Å². The van der Waals surface area contributed by atoms with Crippen LogP contribution in [0.1, 0.15) is 35.6 Å². The maximum Gasteiger partial charge on any atom is 0.410 e. The van der Waals surface area contributed by atoms with Crippen LogP contribution in [0.25, 0.3) is 10.9 Å². The fourth-order valence-electron chi connectivity index (χ4n) is 4.55. The molecule has 0 spiro atoms. The Morgan fingerprint density at radius 3 is 2.50 bits per heavy atom. The van der Waals surface area contributed by atoms with Crippen molar-refractivity contribution in [3.05, 3.63) is 71.2 Å². The zero-order chi connectivity index (χ0) is 22.7. The minimum absolute atomic E-state index is 0.0785. The van der Waals surface area contributed by atoms with Crippen LogP contribution in [0.5, 0.6) is 0 Å². The summed E-state index contributed by atoms with van der Waals surface area (Å²) in [5.41, 5.74) is 3.74. The summed E-state index contributed by atoms with van der Waals surface area (Å²) in [5.74, 6) is -0.496. The van der Waals surface area contributed by atoms with Gasteiger partial charge in [-0.05, 0) is 55.0 Å². The molecule has 1 aliphatic heterocycles. The molecule has 168 valence electrons. The van der Waals surface area contributed by atoms with Gasteiger partial charge in [0.2, 0.25) is 0 Å². The van der Waals surface area contributed by atoms with Crippen molar-refractivity contribution in [2.75, 3.05) is 20.2 Å². The lowest BCUT2D eigenvalue weighted by atomic mass is 9.87. The number of ether oxygens (including phenoxy) is 2. The van der Waals surface area contributed by atoms with E-state index in [0.29, 0.717) is 13.1 Å². The number of carbonyl (C=O) groups excluding carboxylic acids is 2. The minimum atomic E-state index is -0.350. The number of aromatic nitrogens is 1. The van der Waals surface area contributed by atoms with Gasteiger partial charge in [0.05, 0.1) is 7.11 Å². The molecule has 3 aromatic rings. The minimum Gasteiger partial charge on any atom is -0.468 e. The van der Waals surface area contributed by atoms with Crippen LogP contribution in [0.2, 0.25) is 0 Å². The zero-order valence-corrected chi connectivity index (χ0v) is 18.3. The van der Waals surface area contributed by atoms with Crippen LogP contribution >= 0.6 is 0 Å². The Kier molecular flexibility index (Phi) is 6.44. The number of carbonyl (C=O) groups is 2. The molecule has 1 fully saturated rings. The number of esters is 1. The Bertz CT molecular complexity index is 1120. The van der Waals surface area contributed by atoms with Crippen LogP contribution in [0.3, 0.4) is 0 Å². The van der Waals surface area contributed by atoms with Gasteiger partial charge >= 0.3 is 12.1 Å². The normalized spacial score (nSPS) is 14.5. The molecule has 32 heavy (non-hydrogen) atoms. The summed E-state index contributed by atoms with van der Waals surface area (Å²) in [5, 5.41) is 0.816.